The minimum Gasteiger partial charge on any atom is -0.385 e. The van der Waals surface area contributed by atoms with Crippen molar-refractivity contribution < 1.29 is 0 Å². The SMILES string of the molecule is c1cn2c(-c3ccc4c(c3)CCCN4)nnc2cn1. The summed E-state index contributed by atoms with van der Waals surface area (Å²) in [6, 6.07) is 6.43. The van der Waals surface area contributed by atoms with Gasteiger partial charge in [-0.15, -0.1) is 10.2 Å². The van der Waals surface area contributed by atoms with Crippen molar-refractivity contribution in [2.45, 2.75) is 12.8 Å². The Morgan fingerprint density at radius 2 is 2.21 bits per heavy atom. The second-order valence-corrected chi connectivity index (χ2v) is 4.73. The summed E-state index contributed by atoms with van der Waals surface area (Å²) in [5.74, 6) is 0.866. The van der Waals surface area contributed by atoms with Crippen molar-refractivity contribution in [1.29, 1.82) is 0 Å². The van der Waals surface area contributed by atoms with E-state index < -0.39 is 0 Å². The van der Waals surface area contributed by atoms with Gasteiger partial charge in [0, 0.05) is 30.2 Å². The van der Waals surface area contributed by atoms with Crippen molar-refractivity contribution in [3.05, 3.63) is 42.4 Å². The van der Waals surface area contributed by atoms with E-state index in [9.17, 15) is 0 Å². The lowest BCUT2D eigenvalue weighted by Gasteiger charge is -2.18. The number of fused-ring (bicyclic) bond motifs is 2. The van der Waals surface area contributed by atoms with Crippen LogP contribution in [0.15, 0.2) is 36.8 Å². The fourth-order valence-electron chi connectivity index (χ4n) is 2.56. The fourth-order valence-corrected chi connectivity index (χ4v) is 2.56. The summed E-state index contributed by atoms with van der Waals surface area (Å²) in [4.78, 5) is 4.06. The van der Waals surface area contributed by atoms with Gasteiger partial charge in [0.2, 0.25) is 0 Å². The molecule has 5 nitrogen and oxygen atoms in total. The largest absolute Gasteiger partial charge is 0.385 e. The molecule has 0 fully saturated rings. The van der Waals surface area contributed by atoms with Crippen molar-refractivity contribution >= 4 is 11.3 Å². The molecule has 1 aliphatic rings. The summed E-state index contributed by atoms with van der Waals surface area (Å²) in [6.07, 6.45) is 7.66. The van der Waals surface area contributed by atoms with Gasteiger partial charge in [0.15, 0.2) is 11.5 Å². The van der Waals surface area contributed by atoms with Gasteiger partial charge >= 0.3 is 0 Å². The van der Waals surface area contributed by atoms with Crippen LogP contribution in [0.4, 0.5) is 5.69 Å². The monoisotopic (exact) mass is 251 g/mol. The lowest BCUT2D eigenvalue weighted by atomic mass is 10.0. The average molecular weight is 251 g/mol. The zero-order valence-electron chi connectivity index (χ0n) is 10.4. The molecule has 0 radical (unpaired) electrons. The van der Waals surface area contributed by atoms with Gasteiger partial charge in [-0.25, -0.2) is 0 Å². The molecular formula is C14H13N5. The minimum absolute atomic E-state index is 0.772. The lowest BCUT2D eigenvalue weighted by Crippen LogP contribution is -2.11. The first-order valence-corrected chi connectivity index (χ1v) is 6.44. The molecule has 0 saturated carbocycles. The molecule has 1 aliphatic heterocycles. The number of hydrogen-bond donors (Lipinski definition) is 1. The highest BCUT2D eigenvalue weighted by atomic mass is 15.2. The van der Waals surface area contributed by atoms with Crippen LogP contribution in [0.25, 0.3) is 17.0 Å². The number of nitrogens with one attached hydrogen (secondary N) is 1. The molecule has 2 aromatic heterocycles. The van der Waals surface area contributed by atoms with Crippen molar-refractivity contribution in [1.82, 2.24) is 19.6 Å². The first-order chi connectivity index (χ1) is 9.42. The average Bonchev–Trinajstić information content (AvgIpc) is 2.91. The van der Waals surface area contributed by atoms with Crippen LogP contribution in [0.2, 0.25) is 0 Å². The van der Waals surface area contributed by atoms with Crippen LogP contribution in [-0.4, -0.2) is 26.1 Å². The number of benzene rings is 1. The molecule has 0 saturated heterocycles. The molecule has 0 amide bonds. The van der Waals surface area contributed by atoms with Crippen LogP contribution in [0.5, 0.6) is 0 Å². The number of hydrogen-bond acceptors (Lipinski definition) is 4. The molecule has 5 heteroatoms. The minimum atomic E-state index is 0.772. The van der Waals surface area contributed by atoms with Gasteiger partial charge < -0.3 is 5.32 Å². The van der Waals surface area contributed by atoms with Gasteiger partial charge in [0.1, 0.15) is 0 Å². The van der Waals surface area contributed by atoms with Gasteiger partial charge in [-0.1, -0.05) is 0 Å². The van der Waals surface area contributed by atoms with Crippen molar-refractivity contribution in [3.63, 3.8) is 0 Å². The van der Waals surface area contributed by atoms with Crippen LogP contribution in [0.3, 0.4) is 0 Å². The van der Waals surface area contributed by atoms with Crippen LogP contribution in [-0.2, 0) is 6.42 Å². The molecule has 3 aromatic rings. The topological polar surface area (TPSA) is 55.1 Å². The summed E-state index contributed by atoms with van der Waals surface area (Å²) in [6.45, 7) is 1.06. The smallest absolute Gasteiger partial charge is 0.179 e. The normalized spacial score (nSPS) is 14.1. The van der Waals surface area contributed by atoms with E-state index in [0.717, 1.165) is 30.0 Å². The van der Waals surface area contributed by atoms with Crippen LogP contribution < -0.4 is 5.32 Å². The third-order valence-corrected chi connectivity index (χ3v) is 3.52. The highest BCUT2D eigenvalue weighted by Crippen LogP contribution is 2.27. The van der Waals surface area contributed by atoms with Gasteiger partial charge in [-0.05, 0) is 36.6 Å². The summed E-state index contributed by atoms with van der Waals surface area (Å²) in [5, 5.41) is 11.8. The molecular weight excluding hydrogens is 238 g/mol. The van der Waals surface area contributed by atoms with E-state index in [1.165, 1.54) is 17.7 Å². The molecule has 1 N–H and O–H groups in total. The molecule has 1 aromatic carbocycles. The molecule has 3 heterocycles. The Morgan fingerprint density at radius 3 is 3.21 bits per heavy atom. The standard InChI is InChI=1S/C14H13N5/c1-2-10-8-11(3-4-12(10)16-5-1)14-18-17-13-9-15-6-7-19(13)14/h3-4,6-9,16H,1-2,5H2. The van der Waals surface area contributed by atoms with E-state index in [2.05, 4.69) is 38.7 Å². The van der Waals surface area contributed by atoms with Crippen molar-refractivity contribution in [2.75, 3.05) is 11.9 Å². The summed E-state index contributed by atoms with van der Waals surface area (Å²) >= 11 is 0. The second kappa shape index (κ2) is 4.05. The molecule has 0 unspecified atom stereocenters. The van der Waals surface area contributed by atoms with Crippen LogP contribution in [0, 0.1) is 0 Å². The van der Waals surface area contributed by atoms with E-state index in [4.69, 9.17) is 0 Å². The van der Waals surface area contributed by atoms with E-state index >= 15 is 0 Å². The molecule has 4 rings (SSSR count). The molecule has 94 valence electrons. The Labute approximate surface area is 110 Å². The molecule has 0 aliphatic carbocycles. The van der Waals surface area contributed by atoms with Gasteiger partial charge in [0.05, 0.1) is 6.20 Å². The quantitative estimate of drug-likeness (QED) is 0.720. The Hall–Kier alpha value is -2.43. The number of nitrogens with zero attached hydrogens (tertiary/aromatic N) is 4. The van der Waals surface area contributed by atoms with Crippen molar-refractivity contribution in [2.24, 2.45) is 0 Å². The Bertz CT molecular complexity index is 746. The maximum atomic E-state index is 4.27. The highest BCUT2D eigenvalue weighted by Gasteiger charge is 2.12. The molecule has 0 spiro atoms. The summed E-state index contributed by atoms with van der Waals surface area (Å²) in [5.41, 5.74) is 4.47. The number of aromatic nitrogens is 4. The highest BCUT2D eigenvalue weighted by molar-refractivity contribution is 5.66. The maximum absolute atomic E-state index is 4.27. The number of rotatable bonds is 1. The predicted octanol–water partition coefficient (Wildman–Crippen LogP) is 2.15. The van der Waals surface area contributed by atoms with Crippen molar-refractivity contribution in [3.8, 4) is 11.4 Å². The van der Waals surface area contributed by atoms with Crippen LogP contribution in [0.1, 0.15) is 12.0 Å². The zero-order chi connectivity index (χ0) is 12.7. The zero-order valence-corrected chi connectivity index (χ0v) is 10.4. The first kappa shape index (κ1) is 10.5. The van der Waals surface area contributed by atoms with Gasteiger partial charge in [-0.2, -0.15) is 0 Å². The lowest BCUT2D eigenvalue weighted by molar-refractivity contribution is 0.830. The van der Waals surface area contributed by atoms with Crippen LogP contribution >= 0.6 is 0 Å². The number of anilines is 1. The summed E-state index contributed by atoms with van der Waals surface area (Å²) < 4.78 is 1.96. The predicted molar refractivity (Wildman–Crippen MR) is 73.0 cm³/mol. The number of aryl methyl sites for hydroxylation is 1. The third kappa shape index (κ3) is 1.66. The third-order valence-electron chi connectivity index (χ3n) is 3.52. The summed E-state index contributed by atoms with van der Waals surface area (Å²) in [7, 11) is 0. The molecule has 19 heavy (non-hydrogen) atoms. The van der Waals surface area contributed by atoms with E-state index in [0.29, 0.717) is 0 Å². The molecule has 0 atom stereocenters. The fraction of sp³-hybridized carbons (Fsp3) is 0.214. The first-order valence-electron chi connectivity index (χ1n) is 6.44. The maximum Gasteiger partial charge on any atom is 0.179 e. The van der Waals surface area contributed by atoms with E-state index in [1.807, 2.05) is 10.6 Å². The Morgan fingerprint density at radius 1 is 1.21 bits per heavy atom. The Kier molecular flexibility index (Phi) is 2.24. The second-order valence-electron chi connectivity index (χ2n) is 4.73. The Balaban J connectivity index is 1.88. The molecule has 0 bridgehead atoms. The van der Waals surface area contributed by atoms with Gasteiger partial charge in [0.25, 0.3) is 0 Å². The van der Waals surface area contributed by atoms with E-state index in [1.54, 1.807) is 12.4 Å². The van der Waals surface area contributed by atoms with E-state index in [-0.39, 0.29) is 0 Å². The van der Waals surface area contributed by atoms with Gasteiger partial charge in [-0.3, -0.25) is 9.38 Å².